The third kappa shape index (κ3) is 4.53. The summed E-state index contributed by atoms with van der Waals surface area (Å²) >= 11 is 2.55. The molecule has 14 heteroatoms. The Hall–Kier alpha value is -2.42. The zero-order chi connectivity index (χ0) is 22.8. The first-order valence-electron chi connectivity index (χ1n) is 9.12. The lowest BCUT2D eigenvalue weighted by Crippen LogP contribution is -2.70. The van der Waals surface area contributed by atoms with Crippen LogP contribution in [0.5, 0.6) is 0 Å². The fraction of sp³-hybridized carbons (Fsp3) is 0.278. The number of nitrogens with zero attached hydrogens (tertiary/aromatic N) is 3. The number of thiophene rings is 1. The van der Waals surface area contributed by atoms with Crippen LogP contribution in [-0.4, -0.2) is 74.9 Å². The van der Waals surface area contributed by atoms with Crippen LogP contribution in [0.2, 0.25) is 0 Å². The second kappa shape index (κ2) is 9.60. The van der Waals surface area contributed by atoms with Gasteiger partial charge in [-0.25, -0.2) is 14.8 Å². The highest BCUT2D eigenvalue weighted by atomic mass is 32.2. The first-order valence-corrected chi connectivity index (χ1v) is 13.7. The summed E-state index contributed by atoms with van der Waals surface area (Å²) in [5.74, 6) is -2.56. The predicted molar refractivity (Wildman–Crippen MR) is 119 cm³/mol. The minimum Gasteiger partial charge on any atom is -0.477 e. The molecule has 168 valence electrons. The quantitative estimate of drug-likeness (QED) is 0.374. The number of thioether (sulfide) groups is 1. The van der Waals surface area contributed by atoms with Crippen LogP contribution in [0.15, 0.2) is 56.6 Å². The number of hydrogen-bond acceptors (Lipinski definition) is 9. The Morgan fingerprint density at radius 1 is 1.28 bits per heavy atom. The fourth-order valence-electron chi connectivity index (χ4n) is 3.24. The van der Waals surface area contributed by atoms with Crippen molar-refractivity contribution in [3.63, 3.8) is 0 Å². The number of hydrogen-bond donors (Lipinski definition) is 2. The summed E-state index contributed by atoms with van der Waals surface area (Å²) < 4.78 is 25.3. The number of carbonyl (C=O) groups is 3. The molecule has 4 rings (SSSR count). The molecule has 0 saturated carbocycles. The monoisotopic (exact) mass is 512 g/mol. The number of amides is 2. The van der Waals surface area contributed by atoms with Crippen LogP contribution in [-0.2, 0) is 36.0 Å². The Bertz CT molecular complexity index is 1140. The van der Waals surface area contributed by atoms with E-state index in [9.17, 15) is 27.9 Å². The molecule has 0 aromatic carbocycles. The molecule has 1 fully saturated rings. The number of rotatable bonds is 8. The molecule has 4 atom stereocenters. The molecule has 0 spiro atoms. The summed E-state index contributed by atoms with van der Waals surface area (Å²) in [5.41, 5.74) is 0.140. The van der Waals surface area contributed by atoms with Crippen LogP contribution >= 0.6 is 23.1 Å². The third-order valence-electron chi connectivity index (χ3n) is 4.64. The molecule has 4 heterocycles. The lowest BCUT2D eigenvalue weighted by atomic mass is 10.0. The van der Waals surface area contributed by atoms with Crippen molar-refractivity contribution < 1.29 is 27.9 Å². The molecule has 2 aromatic rings. The Labute approximate surface area is 195 Å². The number of β-lactam (4-membered cyclic amide) rings is 1. The van der Waals surface area contributed by atoms with Gasteiger partial charge in [0.05, 0.1) is 31.6 Å². The van der Waals surface area contributed by atoms with Gasteiger partial charge in [0.15, 0.2) is 0 Å². The number of aliphatic carboxylic acids is 1. The highest BCUT2D eigenvalue weighted by Crippen LogP contribution is 2.40. The van der Waals surface area contributed by atoms with Crippen molar-refractivity contribution in [3.05, 3.63) is 47.4 Å². The normalized spacial score (nSPS) is 22.0. The molecule has 4 unspecified atom stereocenters. The minimum absolute atomic E-state index is 0.0844. The van der Waals surface area contributed by atoms with E-state index in [-0.39, 0.29) is 28.0 Å². The zero-order valence-electron chi connectivity index (χ0n) is 16.2. The lowest BCUT2D eigenvalue weighted by Gasteiger charge is -2.49. The molecule has 10 nitrogen and oxygen atoms in total. The van der Waals surface area contributed by atoms with Crippen molar-refractivity contribution >= 4 is 62.5 Å². The zero-order valence-corrected chi connectivity index (χ0v) is 19.5. The molecule has 2 aromatic heterocycles. The van der Waals surface area contributed by atoms with Gasteiger partial charge >= 0.3 is 5.97 Å². The summed E-state index contributed by atoms with van der Waals surface area (Å²) in [6, 6.07) is 3.97. The maximum absolute atomic E-state index is 12.7. The van der Waals surface area contributed by atoms with Crippen molar-refractivity contribution in [2.45, 2.75) is 20.7 Å². The number of nitrogens with one attached hydrogen (secondary N) is 1. The summed E-state index contributed by atoms with van der Waals surface area (Å²) in [5, 5.41) is 13.7. The maximum atomic E-state index is 12.7. The van der Waals surface area contributed by atoms with Crippen molar-refractivity contribution in [1.29, 1.82) is 0 Å². The van der Waals surface area contributed by atoms with Gasteiger partial charge in [0.2, 0.25) is 5.91 Å². The van der Waals surface area contributed by atoms with Crippen molar-refractivity contribution in [1.82, 2.24) is 20.2 Å². The van der Waals surface area contributed by atoms with Crippen molar-refractivity contribution in [2.75, 3.05) is 17.3 Å². The molecule has 2 N–H and O–H groups in total. The van der Waals surface area contributed by atoms with Crippen LogP contribution in [0.1, 0.15) is 0 Å². The van der Waals surface area contributed by atoms with Gasteiger partial charge in [-0.1, -0.05) is 6.07 Å². The van der Waals surface area contributed by atoms with Crippen LogP contribution in [0.3, 0.4) is 0 Å². The predicted octanol–water partition coefficient (Wildman–Crippen LogP) is 0.192. The number of fused-ring (bicyclic) bond motifs is 1. The van der Waals surface area contributed by atoms with E-state index < -0.39 is 50.8 Å². The average Bonchev–Trinajstić information content (AvgIpc) is 3.32. The van der Waals surface area contributed by atoms with Crippen molar-refractivity contribution in [2.24, 2.45) is 0 Å². The van der Waals surface area contributed by atoms with E-state index in [0.717, 1.165) is 4.90 Å². The maximum Gasteiger partial charge on any atom is 0.352 e. The third-order valence-corrected chi connectivity index (χ3v) is 9.92. The van der Waals surface area contributed by atoms with E-state index in [1.165, 1.54) is 41.7 Å². The second-order valence-electron chi connectivity index (χ2n) is 6.67. The number of carboxylic acid groups (broad SMARTS) is 1. The smallest absolute Gasteiger partial charge is 0.352 e. The number of aromatic nitrogens is 2. The number of carboxylic acids is 1. The standard InChI is InChI=1S/C18H16N4O6S4/c23-11(8-32(28)13-2-1-5-29-13)21-14-16(24)22-15(18(25)26)10(6-30-17(14)22)7-31(27)12-3-4-19-9-20-12/h1-5,9,14,17H,6-8H2,(H,21,23)(H,25,26). The molecule has 2 aliphatic rings. The highest BCUT2D eigenvalue weighted by Gasteiger charge is 2.54. The first kappa shape index (κ1) is 22.8. The van der Waals surface area contributed by atoms with Crippen LogP contribution < -0.4 is 5.32 Å². The number of carbonyl (C=O) groups excluding carboxylic acids is 2. The summed E-state index contributed by atoms with van der Waals surface area (Å²) in [4.78, 5) is 45.7. The molecule has 32 heavy (non-hydrogen) atoms. The van der Waals surface area contributed by atoms with Gasteiger partial charge in [0.1, 0.15) is 34.2 Å². The molecular formula is C18H16N4O6S4. The van der Waals surface area contributed by atoms with Gasteiger partial charge in [-0.05, 0) is 23.1 Å². The Kier molecular flexibility index (Phi) is 6.83. The van der Waals surface area contributed by atoms with Gasteiger partial charge < -0.3 is 10.4 Å². The summed E-state index contributed by atoms with van der Waals surface area (Å²) in [7, 11) is -3.11. The largest absolute Gasteiger partial charge is 0.477 e. The molecule has 0 aliphatic carbocycles. The SMILES string of the molecule is O=C(CS(=O)c1cccs1)NC1C(=O)N2C(C(=O)O)=C(CS(=O)c3ccncn3)CSC12. The van der Waals surface area contributed by atoms with Crippen LogP contribution in [0.25, 0.3) is 0 Å². The van der Waals surface area contributed by atoms with E-state index >= 15 is 0 Å². The summed E-state index contributed by atoms with van der Waals surface area (Å²) in [6.45, 7) is 0. The van der Waals surface area contributed by atoms with E-state index in [1.807, 2.05) is 0 Å². The molecule has 0 bridgehead atoms. The summed E-state index contributed by atoms with van der Waals surface area (Å²) in [6.07, 6.45) is 2.69. The van der Waals surface area contributed by atoms with Gasteiger partial charge in [0, 0.05) is 11.9 Å². The van der Waals surface area contributed by atoms with Crippen molar-refractivity contribution in [3.8, 4) is 0 Å². The Balaban J connectivity index is 1.45. The Morgan fingerprint density at radius 3 is 2.75 bits per heavy atom. The second-order valence-corrected chi connectivity index (χ2v) is 11.8. The van der Waals surface area contributed by atoms with E-state index in [1.54, 1.807) is 17.5 Å². The molecule has 2 aliphatic heterocycles. The van der Waals surface area contributed by atoms with Gasteiger partial charge in [0.25, 0.3) is 5.91 Å². The minimum atomic E-state index is -1.60. The molecule has 2 amide bonds. The molecular weight excluding hydrogens is 496 g/mol. The fourth-order valence-corrected chi connectivity index (χ4v) is 7.71. The Morgan fingerprint density at radius 2 is 2.09 bits per heavy atom. The van der Waals surface area contributed by atoms with E-state index in [0.29, 0.717) is 9.78 Å². The lowest BCUT2D eigenvalue weighted by molar-refractivity contribution is -0.150. The molecule has 0 radical (unpaired) electrons. The van der Waals surface area contributed by atoms with Gasteiger partial charge in [-0.3, -0.25) is 22.9 Å². The van der Waals surface area contributed by atoms with Gasteiger partial charge in [-0.15, -0.1) is 23.1 Å². The molecule has 1 saturated heterocycles. The van der Waals surface area contributed by atoms with Crippen LogP contribution in [0.4, 0.5) is 0 Å². The van der Waals surface area contributed by atoms with E-state index in [4.69, 9.17) is 0 Å². The van der Waals surface area contributed by atoms with E-state index in [2.05, 4.69) is 15.3 Å². The topological polar surface area (TPSA) is 147 Å². The first-order chi connectivity index (χ1) is 15.4. The van der Waals surface area contributed by atoms with Gasteiger partial charge in [-0.2, -0.15) is 0 Å². The van der Waals surface area contributed by atoms with Crippen LogP contribution in [0, 0.1) is 0 Å². The highest BCUT2D eigenvalue weighted by molar-refractivity contribution is 8.00. The average molecular weight is 513 g/mol.